The van der Waals surface area contributed by atoms with Crippen molar-refractivity contribution in [1.29, 1.82) is 0 Å². The van der Waals surface area contributed by atoms with Gasteiger partial charge in [0.2, 0.25) is 0 Å². The number of carbonyl (C=O) groups excluding carboxylic acids is 1. The predicted molar refractivity (Wildman–Crippen MR) is 99.5 cm³/mol. The SMILES string of the molecule is C#CCOc1ccccc1[C@H]1Nc2ccccc2C(=O)N1[C@H](C)CC. The Hall–Kier alpha value is -2.93. The molecule has 0 saturated heterocycles. The van der Waals surface area contributed by atoms with Crippen molar-refractivity contribution >= 4 is 11.6 Å². The van der Waals surface area contributed by atoms with Crippen LogP contribution in [0, 0.1) is 12.3 Å². The molecule has 3 rings (SSSR count). The second-order valence-electron chi connectivity index (χ2n) is 6.09. The molecule has 0 unspecified atom stereocenters. The molecule has 0 spiro atoms. The van der Waals surface area contributed by atoms with Gasteiger partial charge in [-0.25, -0.2) is 0 Å². The van der Waals surface area contributed by atoms with Crippen LogP contribution in [-0.2, 0) is 0 Å². The molecule has 1 aliphatic heterocycles. The molecule has 0 aliphatic carbocycles. The second kappa shape index (κ2) is 7.31. The summed E-state index contributed by atoms with van der Waals surface area (Å²) in [5.74, 6) is 3.21. The van der Waals surface area contributed by atoms with Crippen LogP contribution in [0.5, 0.6) is 5.75 Å². The maximum Gasteiger partial charge on any atom is 0.258 e. The lowest BCUT2D eigenvalue weighted by atomic mass is 10.0. The fraction of sp³-hybridized carbons (Fsp3) is 0.286. The third kappa shape index (κ3) is 3.18. The number of hydrogen-bond acceptors (Lipinski definition) is 3. The Bertz CT molecular complexity index is 810. The molecule has 25 heavy (non-hydrogen) atoms. The lowest BCUT2D eigenvalue weighted by Crippen LogP contribution is -2.47. The third-order valence-corrected chi connectivity index (χ3v) is 4.55. The molecule has 1 heterocycles. The maximum absolute atomic E-state index is 13.1. The monoisotopic (exact) mass is 334 g/mol. The number of nitrogens with zero attached hydrogens (tertiary/aromatic N) is 1. The van der Waals surface area contributed by atoms with Crippen molar-refractivity contribution in [2.24, 2.45) is 0 Å². The van der Waals surface area contributed by atoms with Crippen LogP contribution >= 0.6 is 0 Å². The van der Waals surface area contributed by atoms with E-state index in [9.17, 15) is 4.79 Å². The molecule has 4 nitrogen and oxygen atoms in total. The van der Waals surface area contributed by atoms with Gasteiger partial charge in [0.15, 0.2) is 0 Å². The number of fused-ring (bicyclic) bond motifs is 1. The molecule has 1 N–H and O–H groups in total. The molecule has 0 fully saturated rings. The molecule has 4 heteroatoms. The van der Waals surface area contributed by atoms with E-state index in [1.807, 2.05) is 53.4 Å². The van der Waals surface area contributed by atoms with Gasteiger partial charge in [-0.05, 0) is 31.5 Å². The normalized spacial score (nSPS) is 17.2. The summed E-state index contributed by atoms with van der Waals surface area (Å²) in [7, 11) is 0. The average molecular weight is 334 g/mol. The molecule has 1 aliphatic rings. The number of hydrogen-bond donors (Lipinski definition) is 1. The van der Waals surface area contributed by atoms with Gasteiger partial charge in [-0.3, -0.25) is 4.79 Å². The number of nitrogens with one attached hydrogen (secondary N) is 1. The van der Waals surface area contributed by atoms with Crippen LogP contribution in [0.25, 0.3) is 0 Å². The first-order valence-electron chi connectivity index (χ1n) is 8.50. The smallest absolute Gasteiger partial charge is 0.258 e. The number of para-hydroxylation sites is 2. The molecule has 2 aromatic rings. The number of terminal acetylenes is 1. The minimum atomic E-state index is -0.300. The van der Waals surface area contributed by atoms with Gasteiger partial charge in [0.05, 0.1) is 5.56 Å². The van der Waals surface area contributed by atoms with E-state index in [4.69, 9.17) is 11.2 Å². The summed E-state index contributed by atoms with van der Waals surface area (Å²) in [6.45, 7) is 4.33. The zero-order valence-corrected chi connectivity index (χ0v) is 14.5. The van der Waals surface area contributed by atoms with Gasteiger partial charge < -0.3 is 15.0 Å². The van der Waals surface area contributed by atoms with E-state index in [1.165, 1.54) is 0 Å². The highest BCUT2D eigenvalue weighted by Gasteiger charge is 2.36. The van der Waals surface area contributed by atoms with Crippen molar-refractivity contribution < 1.29 is 9.53 Å². The number of carbonyl (C=O) groups is 1. The molecule has 0 aromatic heterocycles. The second-order valence-corrected chi connectivity index (χ2v) is 6.09. The standard InChI is InChI=1S/C21H22N2O2/c1-4-14-25-19-13-9-7-11-17(19)20-22-18-12-8-6-10-16(18)21(24)23(20)15(3)5-2/h1,6-13,15,20,22H,5,14H2,2-3H3/t15-,20+/m1/s1. The molecule has 1 amide bonds. The van der Waals surface area contributed by atoms with Crippen LogP contribution in [0.3, 0.4) is 0 Å². The fourth-order valence-electron chi connectivity index (χ4n) is 3.10. The van der Waals surface area contributed by atoms with Crippen molar-refractivity contribution in [2.75, 3.05) is 11.9 Å². The fourth-order valence-corrected chi connectivity index (χ4v) is 3.10. The first-order chi connectivity index (χ1) is 12.2. The van der Waals surface area contributed by atoms with E-state index in [2.05, 4.69) is 25.1 Å². The first-order valence-corrected chi connectivity index (χ1v) is 8.50. The third-order valence-electron chi connectivity index (χ3n) is 4.55. The topological polar surface area (TPSA) is 41.6 Å². The van der Waals surface area contributed by atoms with Gasteiger partial charge in [0, 0.05) is 17.3 Å². The van der Waals surface area contributed by atoms with E-state index >= 15 is 0 Å². The first kappa shape index (κ1) is 16.9. The summed E-state index contributed by atoms with van der Waals surface area (Å²) in [6.07, 6.45) is 5.89. The molecule has 2 atom stereocenters. The quantitative estimate of drug-likeness (QED) is 0.838. The number of amides is 1. The van der Waals surface area contributed by atoms with Gasteiger partial charge >= 0.3 is 0 Å². The summed E-state index contributed by atoms with van der Waals surface area (Å²) in [5, 5.41) is 3.50. The van der Waals surface area contributed by atoms with Crippen LogP contribution < -0.4 is 10.1 Å². The highest BCUT2D eigenvalue weighted by molar-refractivity contribution is 6.02. The van der Waals surface area contributed by atoms with Crippen LogP contribution in [0.2, 0.25) is 0 Å². The van der Waals surface area contributed by atoms with E-state index in [0.29, 0.717) is 11.3 Å². The Morgan fingerprint density at radius 2 is 1.96 bits per heavy atom. The highest BCUT2D eigenvalue weighted by Crippen LogP contribution is 2.38. The van der Waals surface area contributed by atoms with Gasteiger partial charge in [-0.15, -0.1) is 6.42 Å². The van der Waals surface area contributed by atoms with Crippen molar-refractivity contribution in [3.05, 3.63) is 59.7 Å². The lowest BCUT2D eigenvalue weighted by Gasteiger charge is -2.41. The highest BCUT2D eigenvalue weighted by atomic mass is 16.5. The molecule has 128 valence electrons. The Kier molecular flexibility index (Phi) is 4.95. The van der Waals surface area contributed by atoms with Crippen LogP contribution in [0.1, 0.15) is 42.4 Å². The molecule has 0 saturated carbocycles. The summed E-state index contributed by atoms with van der Waals surface area (Å²) in [5.41, 5.74) is 2.44. The van der Waals surface area contributed by atoms with E-state index in [-0.39, 0.29) is 24.7 Å². The van der Waals surface area contributed by atoms with Crippen LogP contribution in [0.15, 0.2) is 48.5 Å². The van der Waals surface area contributed by atoms with Crippen molar-refractivity contribution in [3.63, 3.8) is 0 Å². The molecular formula is C21H22N2O2. The van der Waals surface area contributed by atoms with E-state index in [0.717, 1.165) is 17.7 Å². The van der Waals surface area contributed by atoms with E-state index < -0.39 is 0 Å². The summed E-state index contributed by atoms with van der Waals surface area (Å²) in [4.78, 5) is 15.0. The van der Waals surface area contributed by atoms with Gasteiger partial charge in [-0.2, -0.15) is 0 Å². The number of rotatable bonds is 5. The van der Waals surface area contributed by atoms with E-state index in [1.54, 1.807) is 0 Å². The largest absolute Gasteiger partial charge is 0.481 e. The minimum Gasteiger partial charge on any atom is -0.481 e. The Labute approximate surface area is 148 Å². The molecule has 0 radical (unpaired) electrons. The summed E-state index contributed by atoms with van der Waals surface area (Å²) in [6, 6.07) is 15.4. The Balaban J connectivity index is 2.07. The van der Waals surface area contributed by atoms with Crippen LogP contribution in [-0.4, -0.2) is 23.5 Å². The zero-order valence-electron chi connectivity index (χ0n) is 14.5. The summed E-state index contributed by atoms with van der Waals surface area (Å²) < 4.78 is 5.71. The van der Waals surface area contributed by atoms with Gasteiger partial charge in [0.25, 0.3) is 5.91 Å². The van der Waals surface area contributed by atoms with Gasteiger partial charge in [0.1, 0.15) is 18.5 Å². The summed E-state index contributed by atoms with van der Waals surface area (Å²) >= 11 is 0. The number of benzene rings is 2. The van der Waals surface area contributed by atoms with Crippen LogP contribution in [0.4, 0.5) is 5.69 Å². The average Bonchev–Trinajstić information content (AvgIpc) is 2.66. The van der Waals surface area contributed by atoms with Gasteiger partial charge in [-0.1, -0.05) is 43.2 Å². The lowest BCUT2D eigenvalue weighted by molar-refractivity contribution is 0.0591. The zero-order chi connectivity index (χ0) is 17.8. The number of anilines is 1. The Morgan fingerprint density at radius 1 is 1.24 bits per heavy atom. The maximum atomic E-state index is 13.1. The molecule has 2 aromatic carbocycles. The minimum absolute atomic E-state index is 0.0282. The van der Waals surface area contributed by atoms with Crippen molar-refractivity contribution in [2.45, 2.75) is 32.5 Å². The van der Waals surface area contributed by atoms with Crippen molar-refractivity contribution in [3.8, 4) is 18.1 Å². The molecule has 0 bridgehead atoms. The van der Waals surface area contributed by atoms with Crippen molar-refractivity contribution in [1.82, 2.24) is 4.90 Å². The predicted octanol–water partition coefficient (Wildman–Crippen LogP) is 4.06. The Morgan fingerprint density at radius 3 is 2.72 bits per heavy atom. The number of ether oxygens (including phenoxy) is 1. The molecular weight excluding hydrogens is 312 g/mol.